The van der Waals surface area contributed by atoms with Crippen LogP contribution in [-0.4, -0.2) is 89.5 Å². The van der Waals surface area contributed by atoms with Gasteiger partial charge in [0.2, 0.25) is 10.0 Å². The second kappa shape index (κ2) is 14.0. The summed E-state index contributed by atoms with van der Waals surface area (Å²) in [5.41, 5.74) is 7.80. The number of nitrogens with zero attached hydrogens (tertiary/aromatic N) is 5. The molecule has 0 spiro atoms. The highest BCUT2D eigenvalue weighted by atomic mass is 32.2. The summed E-state index contributed by atoms with van der Waals surface area (Å²) in [6, 6.07) is 19.0. The summed E-state index contributed by atoms with van der Waals surface area (Å²) in [6.07, 6.45) is -0.267. The van der Waals surface area contributed by atoms with Crippen molar-refractivity contribution >= 4 is 16.1 Å². The van der Waals surface area contributed by atoms with Crippen LogP contribution in [0.5, 0.6) is 0 Å². The summed E-state index contributed by atoms with van der Waals surface area (Å²) in [5, 5.41) is 1.44. The maximum Gasteiger partial charge on any atom is 0.429 e. The Hall–Kier alpha value is -3.32. The first-order valence-electron chi connectivity index (χ1n) is 14.6. The van der Waals surface area contributed by atoms with Gasteiger partial charge in [-0.2, -0.15) is 4.31 Å². The molecular weight excluding hydrogens is 571 g/mol. The molecule has 1 aliphatic heterocycles. The first kappa shape index (κ1) is 32.6. The van der Waals surface area contributed by atoms with Gasteiger partial charge in [0.25, 0.3) is 0 Å². The first-order valence-corrected chi connectivity index (χ1v) is 16.3. The highest BCUT2D eigenvalue weighted by Crippen LogP contribution is 2.39. The molecule has 0 radical (unpaired) electrons. The summed E-state index contributed by atoms with van der Waals surface area (Å²) < 4.78 is 43.0. The smallest absolute Gasteiger partial charge is 0.351 e. The van der Waals surface area contributed by atoms with Crippen LogP contribution in [0.25, 0.3) is 11.3 Å². The van der Waals surface area contributed by atoms with Crippen LogP contribution in [0.3, 0.4) is 0 Å². The molecule has 3 aromatic rings. The maximum absolute atomic E-state index is 15.0. The number of piperazine rings is 1. The Kier molecular flexibility index (Phi) is 10.6. The van der Waals surface area contributed by atoms with Crippen molar-refractivity contribution < 1.29 is 22.4 Å². The number of rotatable bonds is 11. The van der Waals surface area contributed by atoms with Gasteiger partial charge < -0.3 is 15.1 Å². The first-order chi connectivity index (χ1) is 20.4. The number of carbonyl (C=O) groups is 1. The van der Waals surface area contributed by atoms with Crippen molar-refractivity contribution in [3.05, 3.63) is 78.2 Å². The van der Waals surface area contributed by atoms with Crippen LogP contribution in [0.15, 0.2) is 66.9 Å². The third kappa shape index (κ3) is 8.20. The molecule has 10 nitrogen and oxygen atoms in total. The van der Waals surface area contributed by atoms with E-state index < -0.39 is 33.7 Å². The third-order valence-electron chi connectivity index (χ3n) is 7.50. The fourth-order valence-corrected chi connectivity index (χ4v) is 6.34. The molecule has 1 fully saturated rings. The van der Waals surface area contributed by atoms with Gasteiger partial charge in [0.15, 0.2) is 0 Å². The van der Waals surface area contributed by atoms with Crippen LogP contribution < -0.4 is 5.73 Å². The number of hydrogen-bond acceptors (Lipinski definition) is 7. The largest absolute Gasteiger partial charge is 0.429 e. The van der Waals surface area contributed by atoms with Crippen molar-refractivity contribution in [2.24, 2.45) is 11.1 Å². The highest BCUT2D eigenvalue weighted by Gasteiger charge is 2.41. The number of halogens is 1. The third-order valence-corrected chi connectivity index (χ3v) is 9.38. The lowest BCUT2D eigenvalue weighted by molar-refractivity contribution is -0.133. The minimum Gasteiger partial charge on any atom is -0.351 e. The summed E-state index contributed by atoms with van der Waals surface area (Å²) in [6.45, 7) is 8.28. The second-order valence-corrected chi connectivity index (χ2v) is 14.1. The number of hydroxylamine groups is 2. The molecule has 0 bridgehead atoms. The predicted octanol–water partition coefficient (Wildman–Crippen LogP) is 4.30. The molecule has 12 heteroatoms. The van der Waals surface area contributed by atoms with E-state index in [9.17, 15) is 13.2 Å². The Morgan fingerprint density at radius 1 is 1.05 bits per heavy atom. The van der Waals surface area contributed by atoms with Crippen molar-refractivity contribution in [1.82, 2.24) is 23.8 Å². The van der Waals surface area contributed by atoms with E-state index in [1.165, 1.54) is 14.3 Å². The minimum atomic E-state index is -3.35. The summed E-state index contributed by atoms with van der Waals surface area (Å²) in [7, 11) is -3.35. The summed E-state index contributed by atoms with van der Waals surface area (Å²) >= 11 is 0. The molecular formula is C31H43FN6O4S. The highest BCUT2D eigenvalue weighted by molar-refractivity contribution is 7.89. The quantitative estimate of drug-likeness (QED) is 0.343. The van der Waals surface area contributed by atoms with E-state index in [1.807, 2.05) is 92.2 Å². The zero-order valence-corrected chi connectivity index (χ0v) is 26.2. The van der Waals surface area contributed by atoms with Crippen molar-refractivity contribution in [1.29, 1.82) is 0 Å². The molecule has 1 amide bonds. The Morgan fingerprint density at radius 2 is 1.65 bits per heavy atom. The van der Waals surface area contributed by atoms with Crippen molar-refractivity contribution in [3.63, 3.8) is 0 Å². The van der Waals surface area contributed by atoms with Gasteiger partial charge in [0, 0.05) is 51.0 Å². The monoisotopic (exact) mass is 614 g/mol. The number of sulfonamides is 1. The van der Waals surface area contributed by atoms with E-state index in [2.05, 4.69) is 0 Å². The number of imidazole rings is 1. The van der Waals surface area contributed by atoms with Crippen LogP contribution in [0.4, 0.5) is 9.18 Å². The molecule has 1 aliphatic rings. The van der Waals surface area contributed by atoms with E-state index in [1.54, 1.807) is 6.92 Å². The zero-order valence-electron chi connectivity index (χ0n) is 25.4. The molecule has 4 rings (SSSR count). The van der Waals surface area contributed by atoms with Gasteiger partial charge in [-0.15, -0.1) is 5.06 Å². The molecule has 2 atom stereocenters. The SMILES string of the molecule is CCS(=O)(=O)N1CCN(OC(=O)N(C[C@H](F)CN)[C@@H](c2nc(-c3ccccc3)cn2Cc2ccccc2)C(C)(C)C)CC1. The lowest BCUT2D eigenvalue weighted by atomic mass is 9.84. The number of hydrogen-bond donors (Lipinski definition) is 1. The molecule has 1 saturated heterocycles. The van der Waals surface area contributed by atoms with Gasteiger partial charge in [-0.1, -0.05) is 81.4 Å². The Morgan fingerprint density at radius 3 is 2.21 bits per heavy atom. The Bertz CT molecular complexity index is 1440. The molecule has 43 heavy (non-hydrogen) atoms. The lowest BCUT2D eigenvalue weighted by Crippen LogP contribution is -2.52. The number of aromatic nitrogens is 2. The van der Waals surface area contributed by atoms with Crippen LogP contribution in [0.1, 0.15) is 45.1 Å². The van der Waals surface area contributed by atoms with E-state index in [4.69, 9.17) is 15.6 Å². The second-order valence-electron chi connectivity index (χ2n) is 11.8. The topological polar surface area (TPSA) is 114 Å². The van der Waals surface area contributed by atoms with E-state index in [0.717, 1.165) is 16.8 Å². The lowest BCUT2D eigenvalue weighted by Gasteiger charge is -2.41. The number of amides is 1. The molecule has 234 valence electrons. The molecule has 0 saturated carbocycles. The van der Waals surface area contributed by atoms with Crippen LogP contribution in [0.2, 0.25) is 0 Å². The fraction of sp³-hybridized carbons (Fsp3) is 0.484. The van der Waals surface area contributed by atoms with Gasteiger partial charge in [0.1, 0.15) is 12.0 Å². The number of carbonyl (C=O) groups excluding carboxylic acids is 1. The van der Waals surface area contributed by atoms with Gasteiger partial charge in [-0.3, -0.25) is 4.90 Å². The van der Waals surface area contributed by atoms with Gasteiger partial charge in [-0.05, 0) is 17.9 Å². The van der Waals surface area contributed by atoms with Crippen LogP contribution >= 0.6 is 0 Å². The molecule has 0 unspecified atom stereocenters. The fourth-order valence-electron chi connectivity index (χ4n) is 5.26. The summed E-state index contributed by atoms with van der Waals surface area (Å²) in [5.74, 6) is 0.598. The molecule has 1 aromatic heterocycles. The maximum atomic E-state index is 15.0. The standard InChI is InChI=1S/C31H43FN6O4S/c1-5-43(40,41)37-18-16-36(17-19-37)42-30(39)38(22-26(32)20-33)28(31(2,3)4)29-34-27(25-14-10-7-11-15-25)23-35(29)21-24-12-8-6-9-13-24/h6-15,23,26,28H,5,16-22,33H2,1-4H3/t26-,28+/m1/s1. The summed E-state index contributed by atoms with van der Waals surface area (Å²) in [4.78, 5) is 26.1. The van der Waals surface area contributed by atoms with Gasteiger partial charge >= 0.3 is 6.09 Å². The molecule has 0 aliphatic carbocycles. The van der Waals surface area contributed by atoms with Crippen LogP contribution in [-0.2, 0) is 21.4 Å². The number of alkyl halides is 1. The van der Waals surface area contributed by atoms with Crippen LogP contribution in [0, 0.1) is 5.41 Å². The normalized spacial score (nSPS) is 16.5. The molecule has 2 aromatic carbocycles. The average molecular weight is 615 g/mol. The predicted molar refractivity (Wildman–Crippen MR) is 165 cm³/mol. The van der Waals surface area contributed by atoms with Crippen molar-refractivity contribution in [2.75, 3.05) is 45.0 Å². The zero-order chi connectivity index (χ0) is 31.2. The van der Waals surface area contributed by atoms with Gasteiger partial charge in [0.05, 0.1) is 24.0 Å². The van der Waals surface area contributed by atoms with E-state index in [-0.39, 0.29) is 45.0 Å². The molecule has 2 heterocycles. The van der Waals surface area contributed by atoms with E-state index >= 15 is 4.39 Å². The van der Waals surface area contributed by atoms with Gasteiger partial charge in [-0.25, -0.2) is 22.6 Å². The van der Waals surface area contributed by atoms with E-state index in [0.29, 0.717) is 12.4 Å². The Balaban J connectivity index is 1.71. The van der Waals surface area contributed by atoms with Crippen molar-refractivity contribution in [2.45, 2.75) is 46.5 Å². The average Bonchev–Trinajstić information content (AvgIpc) is 3.40. The Labute approximate surface area is 254 Å². The number of nitrogens with two attached hydrogens (primary N) is 1. The van der Waals surface area contributed by atoms with Crippen molar-refractivity contribution in [3.8, 4) is 11.3 Å². The minimum absolute atomic E-state index is 0.00536. The number of benzene rings is 2. The molecule has 2 N–H and O–H groups in total.